The third kappa shape index (κ3) is 5.94. The molecule has 1 aromatic heterocycles. The van der Waals surface area contributed by atoms with Crippen molar-refractivity contribution in [1.82, 2.24) is 10.6 Å². The first kappa shape index (κ1) is 15.8. The average molecular weight is 305 g/mol. The number of amides is 2. The topological polar surface area (TPSA) is 78.4 Å². The second kappa shape index (κ2) is 8.01. The van der Waals surface area contributed by atoms with Crippen LogP contribution in [0.15, 0.2) is 12.1 Å². The number of aliphatic carboxylic acids is 1. The zero-order valence-electron chi connectivity index (χ0n) is 10.6. The Bertz CT molecular complexity index is 436. The van der Waals surface area contributed by atoms with Gasteiger partial charge in [-0.25, -0.2) is 4.79 Å². The molecule has 19 heavy (non-hydrogen) atoms. The van der Waals surface area contributed by atoms with Gasteiger partial charge in [0, 0.05) is 18.0 Å². The van der Waals surface area contributed by atoms with Crippen LogP contribution in [0.4, 0.5) is 4.79 Å². The highest BCUT2D eigenvalue weighted by Gasteiger charge is 2.15. The SMILES string of the molecule is CCC(CNC(=O)NCCc1ccc(Cl)s1)C(=O)O. The summed E-state index contributed by atoms with van der Waals surface area (Å²) in [4.78, 5) is 23.3. The largest absolute Gasteiger partial charge is 0.481 e. The van der Waals surface area contributed by atoms with E-state index in [-0.39, 0.29) is 12.6 Å². The Morgan fingerprint density at radius 1 is 1.42 bits per heavy atom. The molecule has 0 aromatic carbocycles. The molecule has 7 heteroatoms. The van der Waals surface area contributed by atoms with E-state index in [2.05, 4.69) is 10.6 Å². The van der Waals surface area contributed by atoms with E-state index < -0.39 is 11.9 Å². The van der Waals surface area contributed by atoms with E-state index in [9.17, 15) is 9.59 Å². The van der Waals surface area contributed by atoms with E-state index in [0.717, 1.165) is 9.21 Å². The van der Waals surface area contributed by atoms with E-state index in [0.29, 0.717) is 19.4 Å². The molecule has 0 aliphatic carbocycles. The fourth-order valence-electron chi connectivity index (χ4n) is 1.47. The number of hydrogen-bond donors (Lipinski definition) is 3. The summed E-state index contributed by atoms with van der Waals surface area (Å²) in [5.74, 6) is -1.43. The van der Waals surface area contributed by atoms with Crippen molar-refractivity contribution in [1.29, 1.82) is 0 Å². The lowest BCUT2D eigenvalue weighted by atomic mass is 10.1. The highest BCUT2D eigenvalue weighted by Crippen LogP contribution is 2.21. The second-order valence-corrected chi connectivity index (χ2v) is 5.84. The van der Waals surface area contributed by atoms with Crippen molar-refractivity contribution in [2.45, 2.75) is 19.8 Å². The highest BCUT2D eigenvalue weighted by atomic mass is 35.5. The molecular weight excluding hydrogens is 288 g/mol. The van der Waals surface area contributed by atoms with Crippen LogP contribution in [0.1, 0.15) is 18.2 Å². The van der Waals surface area contributed by atoms with Crippen LogP contribution >= 0.6 is 22.9 Å². The van der Waals surface area contributed by atoms with Gasteiger partial charge in [0.15, 0.2) is 0 Å². The van der Waals surface area contributed by atoms with Crippen molar-refractivity contribution in [3.05, 3.63) is 21.3 Å². The number of halogens is 1. The molecule has 106 valence electrons. The molecule has 2 amide bonds. The summed E-state index contributed by atoms with van der Waals surface area (Å²) < 4.78 is 0.728. The molecule has 0 saturated heterocycles. The van der Waals surface area contributed by atoms with Crippen molar-refractivity contribution in [2.75, 3.05) is 13.1 Å². The highest BCUT2D eigenvalue weighted by molar-refractivity contribution is 7.16. The molecular formula is C12H17ClN2O3S. The van der Waals surface area contributed by atoms with Crippen LogP contribution in [0, 0.1) is 5.92 Å². The molecule has 0 bridgehead atoms. The van der Waals surface area contributed by atoms with Crippen LogP contribution in [-0.2, 0) is 11.2 Å². The summed E-state index contributed by atoms with van der Waals surface area (Å²) in [6.07, 6.45) is 1.20. The Labute approximate surface area is 121 Å². The second-order valence-electron chi connectivity index (χ2n) is 4.04. The van der Waals surface area contributed by atoms with Crippen molar-refractivity contribution >= 4 is 34.9 Å². The number of carboxylic acids is 1. The number of carboxylic acid groups (broad SMARTS) is 1. The fourth-order valence-corrected chi connectivity index (χ4v) is 2.56. The van der Waals surface area contributed by atoms with Crippen molar-refractivity contribution < 1.29 is 14.7 Å². The van der Waals surface area contributed by atoms with E-state index in [4.69, 9.17) is 16.7 Å². The normalized spacial score (nSPS) is 11.9. The van der Waals surface area contributed by atoms with E-state index in [1.165, 1.54) is 11.3 Å². The predicted octanol–water partition coefficient (Wildman–Crippen LogP) is 2.35. The third-order valence-corrected chi connectivity index (χ3v) is 3.93. The number of rotatable bonds is 7. The number of thiophene rings is 1. The van der Waals surface area contributed by atoms with Gasteiger partial charge in [-0.15, -0.1) is 11.3 Å². The Kier molecular flexibility index (Phi) is 6.66. The van der Waals surface area contributed by atoms with E-state index in [1.54, 1.807) is 6.92 Å². The van der Waals surface area contributed by atoms with Crippen LogP contribution in [0.5, 0.6) is 0 Å². The van der Waals surface area contributed by atoms with E-state index >= 15 is 0 Å². The predicted molar refractivity (Wildman–Crippen MR) is 75.9 cm³/mol. The van der Waals surface area contributed by atoms with Crippen LogP contribution in [0.25, 0.3) is 0 Å². The first-order valence-corrected chi connectivity index (χ1v) is 7.21. The molecule has 0 radical (unpaired) electrons. The monoisotopic (exact) mass is 304 g/mol. The minimum Gasteiger partial charge on any atom is -0.481 e. The summed E-state index contributed by atoms with van der Waals surface area (Å²) in [7, 11) is 0. The maximum Gasteiger partial charge on any atom is 0.314 e. The molecule has 1 rings (SSSR count). The molecule has 0 saturated carbocycles. The lowest BCUT2D eigenvalue weighted by Crippen LogP contribution is -2.40. The van der Waals surface area contributed by atoms with Crippen molar-refractivity contribution in [3.63, 3.8) is 0 Å². The number of carbonyl (C=O) groups excluding carboxylic acids is 1. The molecule has 0 aliphatic heterocycles. The summed E-state index contributed by atoms with van der Waals surface area (Å²) in [6, 6.07) is 3.40. The summed E-state index contributed by atoms with van der Waals surface area (Å²) in [5.41, 5.74) is 0. The molecule has 5 nitrogen and oxygen atoms in total. The van der Waals surface area contributed by atoms with Gasteiger partial charge in [-0.2, -0.15) is 0 Å². The molecule has 1 aromatic rings. The maximum atomic E-state index is 11.4. The smallest absolute Gasteiger partial charge is 0.314 e. The zero-order chi connectivity index (χ0) is 14.3. The van der Waals surface area contributed by atoms with Gasteiger partial charge >= 0.3 is 12.0 Å². The minimum absolute atomic E-state index is 0.141. The first-order valence-electron chi connectivity index (χ1n) is 6.01. The Hall–Kier alpha value is -1.27. The van der Waals surface area contributed by atoms with Crippen LogP contribution < -0.4 is 10.6 Å². The van der Waals surface area contributed by atoms with Crippen molar-refractivity contribution in [2.24, 2.45) is 5.92 Å². The molecule has 1 atom stereocenters. The molecule has 1 unspecified atom stereocenters. The van der Waals surface area contributed by atoms with Gasteiger partial charge in [0.25, 0.3) is 0 Å². The molecule has 0 fully saturated rings. The summed E-state index contributed by atoms with van der Waals surface area (Å²) in [5, 5.41) is 14.1. The standard InChI is InChI=1S/C12H17ClN2O3S/c1-2-8(11(16)17)7-15-12(18)14-6-5-9-3-4-10(13)19-9/h3-4,8H,2,5-7H2,1H3,(H,16,17)(H2,14,15,18). The lowest BCUT2D eigenvalue weighted by Gasteiger charge is -2.11. The number of hydrogen-bond acceptors (Lipinski definition) is 3. The quantitative estimate of drug-likeness (QED) is 0.723. The van der Waals surface area contributed by atoms with Crippen LogP contribution in [-0.4, -0.2) is 30.2 Å². The Morgan fingerprint density at radius 3 is 2.68 bits per heavy atom. The first-order chi connectivity index (χ1) is 9.02. The van der Waals surface area contributed by atoms with Gasteiger partial charge in [-0.05, 0) is 25.0 Å². The minimum atomic E-state index is -0.893. The fraction of sp³-hybridized carbons (Fsp3) is 0.500. The van der Waals surface area contributed by atoms with Gasteiger partial charge in [0.2, 0.25) is 0 Å². The lowest BCUT2D eigenvalue weighted by molar-refractivity contribution is -0.141. The number of nitrogens with one attached hydrogen (secondary N) is 2. The van der Waals surface area contributed by atoms with Gasteiger partial charge in [-0.1, -0.05) is 18.5 Å². The van der Waals surface area contributed by atoms with Gasteiger partial charge in [0.1, 0.15) is 0 Å². The maximum absolute atomic E-state index is 11.4. The molecule has 3 N–H and O–H groups in total. The summed E-state index contributed by atoms with van der Waals surface area (Å²) in [6.45, 7) is 2.41. The zero-order valence-corrected chi connectivity index (χ0v) is 12.2. The van der Waals surface area contributed by atoms with Gasteiger partial charge in [-0.3, -0.25) is 4.79 Å². The van der Waals surface area contributed by atoms with Crippen molar-refractivity contribution in [3.8, 4) is 0 Å². The summed E-state index contributed by atoms with van der Waals surface area (Å²) >= 11 is 7.28. The number of urea groups is 1. The molecule has 0 aliphatic rings. The van der Waals surface area contributed by atoms with E-state index in [1.807, 2.05) is 12.1 Å². The van der Waals surface area contributed by atoms with Gasteiger partial charge < -0.3 is 15.7 Å². The van der Waals surface area contributed by atoms with Crippen LogP contribution in [0.3, 0.4) is 0 Å². The Balaban J connectivity index is 2.19. The average Bonchev–Trinajstić information content (AvgIpc) is 2.75. The van der Waals surface area contributed by atoms with Gasteiger partial charge in [0.05, 0.1) is 10.3 Å². The Morgan fingerprint density at radius 2 is 2.16 bits per heavy atom. The third-order valence-electron chi connectivity index (χ3n) is 2.64. The number of carbonyl (C=O) groups is 2. The molecule has 0 spiro atoms. The van der Waals surface area contributed by atoms with Crippen LogP contribution in [0.2, 0.25) is 4.34 Å². The molecule has 1 heterocycles.